The van der Waals surface area contributed by atoms with Gasteiger partial charge in [0, 0.05) is 17.6 Å². The minimum absolute atomic E-state index is 0.0251. The van der Waals surface area contributed by atoms with Crippen LogP contribution in [0.3, 0.4) is 0 Å². The van der Waals surface area contributed by atoms with E-state index in [-0.39, 0.29) is 16.6 Å². The highest BCUT2D eigenvalue weighted by Gasteiger charge is 2.18. The highest BCUT2D eigenvalue weighted by Crippen LogP contribution is 2.27. The average molecular weight is 467 g/mol. The van der Waals surface area contributed by atoms with Gasteiger partial charge in [-0.15, -0.1) is 10.2 Å². The maximum atomic E-state index is 12.4. The molecule has 32 heavy (non-hydrogen) atoms. The summed E-state index contributed by atoms with van der Waals surface area (Å²) < 4.78 is 24.5. The number of para-hydroxylation sites is 1. The fourth-order valence-corrected chi connectivity index (χ4v) is 4.16. The zero-order chi connectivity index (χ0) is 22.6. The number of pyridine rings is 1. The second-order valence-corrected chi connectivity index (χ2v) is 9.10. The van der Waals surface area contributed by atoms with Gasteiger partial charge in [0.25, 0.3) is 0 Å². The van der Waals surface area contributed by atoms with Crippen LogP contribution in [0.2, 0.25) is 0 Å². The van der Waals surface area contributed by atoms with Gasteiger partial charge in [-0.25, -0.2) is 13.6 Å². The van der Waals surface area contributed by atoms with Gasteiger partial charge in [0.2, 0.25) is 15.9 Å². The molecule has 0 saturated carbocycles. The number of nitrogens with two attached hydrogens (primary N) is 1. The molecule has 4 aromatic rings. The maximum absolute atomic E-state index is 12.4. The highest BCUT2D eigenvalue weighted by atomic mass is 32.2. The monoisotopic (exact) mass is 466 g/mol. The van der Waals surface area contributed by atoms with Gasteiger partial charge in [-0.1, -0.05) is 36.0 Å². The third-order valence-electron chi connectivity index (χ3n) is 4.34. The average Bonchev–Trinajstić information content (AvgIpc) is 3.23. The molecule has 1 amide bonds. The zero-order valence-corrected chi connectivity index (χ0v) is 18.3. The fraction of sp³-hybridized carbons (Fsp3) is 0.0476. The number of carbonyl (C=O) groups is 1. The molecule has 0 atom stereocenters. The van der Waals surface area contributed by atoms with E-state index in [9.17, 15) is 13.2 Å². The van der Waals surface area contributed by atoms with Crippen molar-refractivity contribution >= 4 is 33.4 Å². The Morgan fingerprint density at radius 3 is 2.34 bits per heavy atom. The first-order valence-corrected chi connectivity index (χ1v) is 11.9. The second-order valence-electron chi connectivity index (χ2n) is 6.60. The molecule has 2 heterocycles. The van der Waals surface area contributed by atoms with Crippen molar-refractivity contribution in [2.75, 3.05) is 11.1 Å². The van der Waals surface area contributed by atoms with Crippen molar-refractivity contribution < 1.29 is 13.2 Å². The van der Waals surface area contributed by atoms with Gasteiger partial charge in [0.05, 0.1) is 10.6 Å². The van der Waals surface area contributed by atoms with Crippen LogP contribution in [0.5, 0.6) is 0 Å². The number of thioether (sulfide) groups is 1. The number of anilines is 1. The van der Waals surface area contributed by atoms with Crippen LogP contribution in [0, 0.1) is 0 Å². The molecule has 11 heteroatoms. The van der Waals surface area contributed by atoms with E-state index in [0.717, 1.165) is 5.69 Å². The van der Waals surface area contributed by atoms with E-state index in [1.807, 2.05) is 53.1 Å². The Balaban J connectivity index is 1.52. The van der Waals surface area contributed by atoms with Crippen molar-refractivity contribution in [3.63, 3.8) is 0 Å². The summed E-state index contributed by atoms with van der Waals surface area (Å²) in [7, 11) is -3.79. The number of primary sulfonamides is 1. The molecule has 0 fully saturated rings. The van der Waals surface area contributed by atoms with Gasteiger partial charge in [0.1, 0.15) is 5.69 Å². The van der Waals surface area contributed by atoms with Crippen LogP contribution in [0.4, 0.5) is 5.69 Å². The van der Waals surface area contributed by atoms with Gasteiger partial charge in [-0.2, -0.15) is 0 Å². The molecule has 0 spiro atoms. The van der Waals surface area contributed by atoms with Gasteiger partial charge in [-0.3, -0.25) is 14.3 Å². The van der Waals surface area contributed by atoms with E-state index >= 15 is 0 Å². The fourth-order valence-electron chi connectivity index (χ4n) is 2.89. The minimum Gasteiger partial charge on any atom is -0.325 e. The largest absolute Gasteiger partial charge is 0.325 e. The summed E-state index contributed by atoms with van der Waals surface area (Å²) in [5, 5.41) is 16.9. The van der Waals surface area contributed by atoms with Crippen molar-refractivity contribution in [3.8, 4) is 17.2 Å². The van der Waals surface area contributed by atoms with Crippen LogP contribution in [0.1, 0.15) is 0 Å². The summed E-state index contributed by atoms with van der Waals surface area (Å²) in [5.41, 5.74) is 1.97. The molecule has 0 aliphatic heterocycles. The summed E-state index contributed by atoms with van der Waals surface area (Å²) in [6.45, 7) is 0. The molecule has 0 radical (unpaired) electrons. The molecule has 162 valence electrons. The first kappa shape index (κ1) is 21.7. The SMILES string of the molecule is NS(=O)(=O)c1ccc(NC(=O)CSc2nnc(-c3ccccn3)n2-c2ccccc2)cc1. The number of aromatic nitrogens is 4. The topological polar surface area (TPSA) is 133 Å². The maximum Gasteiger partial charge on any atom is 0.238 e. The molecule has 3 N–H and O–H groups in total. The molecule has 2 aromatic carbocycles. The van der Waals surface area contributed by atoms with Crippen molar-refractivity contribution in [3.05, 3.63) is 79.0 Å². The minimum atomic E-state index is -3.79. The standard InChI is InChI=1S/C21H18N6O3S2/c22-32(29,30)17-11-9-15(10-12-17)24-19(28)14-31-21-26-25-20(18-8-4-5-13-23-18)27(21)16-6-2-1-3-7-16/h1-13H,14H2,(H,24,28)(H2,22,29,30). The van der Waals surface area contributed by atoms with E-state index < -0.39 is 10.0 Å². The molecular weight excluding hydrogens is 448 g/mol. The smallest absolute Gasteiger partial charge is 0.238 e. The van der Waals surface area contributed by atoms with Crippen LogP contribution in [0.15, 0.2) is 89.0 Å². The summed E-state index contributed by atoms with van der Waals surface area (Å²) in [6, 6.07) is 20.7. The Bertz CT molecular complexity index is 1330. The van der Waals surface area contributed by atoms with Crippen molar-refractivity contribution in [1.29, 1.82) is 0 Å². The van der Waals surface area contributed by atoms with E-state index in [1.165, 1.54) is 36.0 Å². The molecular formula is C21H18N6O3S2. The Morgan fingerprint density at radius 1 is 0.969 bits per heavy atom. The summed E-state index contributed by atoms with van der Waals surface area (Å²) in [5.74, 6) is 0.364. The van der Waals surface area contributed by atoms with E-state index in [0.29, 0.717) is 22.4 Å². The number of rotatable bonds is 7. The number of amides is 1. The predicted octanol–water partition coefficient (Wildman–Crippen LogP) is 2.71. The van der Waals surface area contributed by atoms with E-state index in [1.54, 1.807) is 6.20 Å². The lowest BCUT2D eigenvalue weighted by Gasteiger charge is -2.10. The summed E-state index contributed by atoms with van der Waals surface area (Å²) in [6.07, 6.45) is 1.68. The first-order chi connectivity index (χ1) is 15.4. The van der Waals surface area contributed by atoms with Gasteiger partial charge in [0.15, 0.2) is 11.0 Å². The first-order valence-electron chi connectivity index (χ1n) is 9.39. The highest BCUT2D eigenvalue weighted by molar-refractivity contribution is 7.99. The number of nitrogens with zero attached hydrogens (tertiary/aromatic N) is 4. The Hall–Kier alpha value is -3.54. The normalized spacial score (nSPS) is 11.3. The summed E-state index contributed by atoms with van der Waals surface area (Å²) >= 11 is 1.23. The van der Waals surface area contributed by atoms with Crippen LogP contribution < -0.4 is 10.5 Å². The lowest BCUT2D eigenvalue weighted by Crippen LogP contribution is -2.15. The Morgan fingerprint density at radius 2 is 1.69 bits per heavy atom. The lowest BCUT2D eigenvalue weighted by molar-refractivity contribution is -0.113. The zero-order valence-electron chi connectivity index (χ0n) is 16.6. The third-order valence-corrected chi connectivity index (χ3v) is 6.20. The van der Waals surface area contributed by atoms with Gasteiger partial charge in [-0.05, 0) is 48.5 Å². The Labute approximate surface area is 188 Å². The number of carbonyl (C=O) groups excluding carboxylic acids is 1. The van der Waals surface area contributed by atoms with E-state index in [2.05, 4.69) is 20.5 Å². The van der Waals surface area contributed by atoms with Crippen molar-refractivity contribution in [2.45, 2.75) is 10.1 Å². The predicted molar refractivity (Wildman–Crippen MR) is 122 cm³/mol. The quantitative estimate of drug-likeness (QED) is 0.400. The summed E-state index contributed by atoms with van der Waals surface area (Å²) in [4.78, 5) is 16.8. The Kier molecular flexibility index (Phi) is 6.30. The number of hydrogen-bond donors (Lipinski definition) is 2. The second kappa shape index (κ2) is 9.30. The molecule has 4 rings (SSSR count). The molecule has 0 aliphatic carbocycles. The molecule has 0 bridgehead atoms. The number of hydrogen-bond acceptors (Lipinski definition) is 7. The van der Waals surface area contributed by atoms with Gasteiger partial charge >= 0.3 is 0 Å². The van der Waals surface area contributed by atoms with Crippen molar-refractivity contribution in [2.24, 2.45) is 5.14 Å². The number of nitrogens with one attached hydrogen (secondary N) is 1. The van der Waals surface area contributed by atoms with Crippen LogP contribution in [0.25, 0.3) is 17.2 Å². The molecule has 9 nitrogen and oxygen atoms in total. The molecule has 2 aromatic heterocycles. The molecule has 0 aliphatic rings. The lowest BCUT2D eigenvalue weighted by atomic mass is 10.3. The van der Waals surface area contributed by atoms with Crippen LogP contribution in [-0.2, 0) is 14.8 Å². The van der Waals surface area contributed by atoms with Crippen molar-refractivity contribution in [1.82, 2.24) is 19.7 Å². The molecule has 0 saturated heterocycles. The number of benzene rings is 2. The number of sulfonamides is 1. The van der Waals surface area contributed by atoms with Crippen LogP contribution in [-0.4, -0.2) is 39.8 Å². The van der Waals surface area contributed by atoms with Gasteiger partial charge < -0.3 is 5.32 Å². The third kappa shape index (κ3) is 5.02. The van der Waals surface area contributed by atoms with E-state index in [4.69, 9.17) is 5.14 Å². The van der Waals surface area contributed by atoms with Crippen LogP contribution >= 0.6 is 11.8 Å². The molecule has 0 unspecified atom stereocenters.